The first-order valence-corrected chi connectivity index (χ1v) is 8.35. The summed E-state index contributed by atoms with van der Waals surface area (Å²) in [4.78, 5) is 12.9. The van der Waals surface area contributed by atoms with Crippen LogP contribution in [-0.2, 0) is 6.42 Å². The highest BCUT2D eigenvalue weighted by molar-refractivity contribution is 6.00. The van der Waals surface area contributed by atoms with Gasteiger partial charge in [-0.25, -0.2) is 0 Å². The molecular formula is C22H20O. The van der Waals surface area contributed by atoms with E-state index < -0.39 is 0 Å². The fourth-order valence-corrected chi connectivity index (χ4v) is 3.82. The van der Waals surface area contributed by atoms with Gasteiger partial charge in [-0.05, 0) is 40.7 Å². The Bertz CT molecular complexity index is 878. The lowest BCUT2D eigenvalue weighted by atomic mass is 9.74. The van der Waals surface area contributed by atoms with Crippen LogP contribution in [-0.4, -0.2) is 5.78 Å². The number of benzene rings is 3. The molecule has 0 saturated heterocycles. The van der Waals surface area contributed by atoms with Crippen molar-refractivity contribution in [2.24, 2.45) is 5.92 Å². The molecule has 1 heteroatoms. The zero-order chi connectivity index (χ0) is 15.8. The Morgan fingerprint density at radius 2 is 1.65 bits per heavy atom. The third-order valence-electron chi connectivity index (χ3n) is 5.25. The standard InChI is InChI=1S/C22H20O/c1-15(18-11-10-16-6-2-3-8-19(16)14-18)20-13-12-17-7-4-5-9-21(17)22(20)23/h2-11,14-15,20H,12-13H2,1H3. The van der Waals surface area contributed by atoms with Crippen LogP contribution in [0.25, 0.3) is 10.8 Å². The number of ketones is 1. The Labute approximate surface area is 137 Å². The molecule has 0 aromatic heterocycles. The number of aryl methyl sites for hydroxylation is 1. The van der Waals surface area contributed by atoms with Gasteiger partial charge >= 0.3 is 0 Å². The molecule has 0 N–H and O–H groups in total. The van der Waals surface area contributed by atoms with Gasteiger partial charge in [-0.1, -0.05) is 73.7 Å². The van der Waals surface area contributed by atoms with Crippen LogP contribution in [0.1, 0.15) is 40.7 Å². The second-order valence-corrected chi connectivity index (χ2v) is 6.56. The Hall–Kier alpha value is -2.41. The Morgan fingerprint density at radius 3 is 2.52 bits per heavy atom. The molecule has 2 atom stereocenters. The van der Waals surface area contributed by atoms with Gasteiger partial charge in [0.25, 0.3) is 0 Å². The van der Waals surface area contributed by atoms with E-state index in [0.29, 0.717) is 5.78 Å². The predicted octanol–water partition coefficient (Wildman–Crippen LogP) is 5.39. The minimum absolute atomic E-state index is 0.0889. The van der Waals surface area contributed by atoms with Crippen LogP contribution < -0.4 is 0 Å². The number of carbonyl (C=O) groups excluding carboxylic acids is 1. The first kappa shape index (κ1) is 14.2. The summed E-state index contributed by atoms with van der Waals surface area (Å²) in [5, 5.41) is 2.50. The molecule has 0 heterocycles. The second-order valence-electron chi connectivity index (χ2n) is 6.56. The van der Waals surface area contributed by atoms with E-state index in [-0.39, 0.29) is 11.8 Å². The summed E-state index contributed by atoms with van der Waals surface area (Å²) in [5.41, 5.74) is 3.40. The molecule has 0 fully saturated rings. The molecule has 2 unspecified atom stereocenters. The van der Waals surface area contributed by atoms with Crippen LogP contribution in [0.3, 0.4) is 0 Å². The highest BCUT2D eigenvalue weighted by Crippen LogP contribution is 2.36. The molecule has 114 valence electrons. The second kappa shape index (κ2) is 5.66. The number of fused-ring (bicyclic) bond motifs is 2. The van der Waals surface area contributed by atoms with Crippen molar-refractivity contribution in [3.05, 3.63) is 83.4 Å². The van der Waals surface area contributed by atoms with E-state index in [1.54, 1.807) is 0 Å². The van der Waals surface area contributed by atoms with Gasteiger partial charge in [0.1, 0.15) is 0 Å². The minimum atomic E-state index is 0.0889. The summed E-state index contributed by atoms with van der Waals surface area (Å²) in [6.45, 7) is 2.20. The van der Waals surface area contributed by atoms with Gasteiger partial charge in [0.2, 0.25) is 0 Å². The maximum Gasteiger partial charge on any atom is 0.166 e. The highest BCUT2D eigenvalue weighted by atomic mass is 16.1. The summed E-state index contributed by atoms with van der Waals surface area (Å²) in [6.07, 6.45) is 1.95. The van der Waals surface area contributed by atoms with Crippen molar-refractivity contribution in [2.45, 2.75) is 25.7 Å². The number of rotatable bonds is 2. The smallest absolute Gasteiger partial charge is 0.166 e. The largest absolute Gasteiger partial charge is 0.294 e. The molecule has 0 aliphatic heterocycles. The van der Waals surface area contributed by atoms with E-state index in [4.69, 9.17) is 0 Å². The van der Waals surface area contributed by atoms with Crippen LogP contribution in [0.15, 0.2) is 66.7 Å². The molecule has 0 bridgehead atoms. The lowest BCUT2D eigenvalue weighted by Crippen LogP contribution is -2.26. The van der Waals surface area contributed by atoms with Crippen molar-refractivity contribution in [3.63, 3.8) is 0 Å². The Morgan fingerprint density at radius 1 is 0.913 bits per heavy atom. The van der Waals surface area contributed by atoms with Crippen LogP contribution in [0.5, 0.6) is 0 Å². The van der Waals surface area contributed by atoms with Gasteiger partial charge < -0.3 is 0 Å². The summed E-state index contributed by atoms with van der Waals surface area (Å²) >= 11 is 0. The summed E-state index contributed by atoms with van der Waals surface area (Å²) < 4.78 is 0. The number of hydrogen-bond acceptors (Lipinski definition) is 1. The van der Waals surface area contributed by atoms with Gasteiger partial charge in [-0.15, -0.1) is 0 Å². The molecule has 1 aliphatic rings. The van der Waals surface area contributed by atoms with Crippen LogP contribution >= 0.6 is 0 Å². The van der Waals surface area contributed by atoms with Crippen LogP contribution in [0, 0.1) is 5.92 Å². The third-order valence-corrected chi connectivity index (χ3v) is 5.25. The summed E-state index contributed by atoms with van der Waals surface area (Å²) in [5.74, 6) is 0.652. The predicted molar refractivity (Wildman–Crippen MR) is 94.9 cm³/mol. The Kier molecular flexibility index (Phi) is 3.49. The van der Waals surface area contributed by atoms with Crippen molar-refractivity contribution in [3.8, 4) is 0 Å². The fraction of sp³-hybridized carbons (Fsp3) is 0.227. The van der Waals surface area contributed by atoms with Crippen molar-refractivity contribution < 1.29 is 4.79 Å². The molecule has 1 aliphatic carbocycles. The monoisotopic (exact) mass is 300 g/mol. The SMILES string of the molecule is CC(c1ccc2ccccc2c1)C1CCc2ccccc2C1=O. The molecule has 3 aromatic rings. The normalized spacial score (nSPS) is 18.7. The maximum absolute atomic E-state index is 12.9. The average molecular weight is 300 g/mol. The van der Waals surface area contributed by atoms with Gasteiger partial charge in [0.05, 0.1) is 0 Å². The molecule has 3 aromatic carbocycles. The fourth-order valence-electron chi connectivity index (χ4n) is 3.82. The van der Waals surface area contributed by atoms with Gasteiger partial charge in [-0.3, -0.25) is 4.79 Å². The molecule has 1 nitrogen and oxygen atoms in total. The van der Waals surface area contributed by atoms with Gasteiger partial charge in [0.15, 0.2) is 5.78 Å². The van der Waals surface area contributed by atoms with E-state index in [0.717, 1.165) is 18.4 Å². The van der Waals surface area contributed by atoms with Crippen molar-refractivity contribution in [1.82, 2.24) is 0 Å². The molecule has 0 radical (unpaired) electrons. The first-order valence-electron chi connectivity index (χ1n) is 8.35. The highest BCUT2D eigenvalue weighted by Gasteiger charge is 2.31. The third kappa shape index (κ3) is 2.46. The molecule has 23 heavy (non-hydrogen) atoms. The zero-order valence-corrected chi connectivity index (χ0v) is 13.3. The maximum atomic E-state index is 12.9. The summed E-state index contributed by atoms with van der Waals surface area (Å²) in [6, 6.07) is 23.1. The van der Waals surface area contributed by atoms with E-state index >= 15 is 0 Å². The van der Waals surface area contributed by atoms with Gasteiger partial charge in [0, 0.05) is 11.5 Å². The van der Waals surface area contributed by atoms with Crippen molar-refractivity contribution in [2.75, 3.05) is 0 Å². The molecule has 0 saturated carbocycles. The molecule has 0 spiro atoms. The van der Waals surface area contributed by atoms with Crippen LogP contribution in [0.4, 0.5) is 0 Å². The molecule has 4 rings (SSSR count). The van der Waals surface area contributed by atoms with Gasteiger partial charge in [-0.2, -0.15) is 0 Å². The first-order chi connectivity index (χ1) is 11.2. The number of Topliss-reactive ketones (excluding diaryl/α,β-unsaturated/α-hetero) is 1. The van der Waals surface area contributed by atoms with E-state index in [2.05, 4.69) is 55.5 Å². The lowest BCUT2D eigenvalue weighted by molar-refractivity contribution is 0.0884. The van der Waals surface area contributed by atoms with Crippen molar-refractivity contribution >= 4 is 16.6 Å². The average Bonchev–Trinajstić information content (AvgIpc) is 2.61. The zero-order valence-electron chi connectivity index (χ0n) is 13.3. The van der Waals surface area contributed by atoms with E-state index in [9.17, 15) is 4.79 Å². The van der Waals surface area contributed by atoms with Crippen LogP contribution in [0.2, 0.25) is 0 Å². The number of hydrogen-bond donors (Lipinski definition) is 0. The topological polar surface area (TPSA) is 17.1 Å². The lowest BCUT2D eigenvalue weighted by Gasteiger charge is -2.28. The molecule has 0 amide bonds. The molecular weight excluding hydrogens is 280 g/mol. The van der Waals surface area contributed by atoms with E-state index in [1.807, 2.05) is 18.2 Å². The van der Waals surface area contributed by atoms with E-state index in [1.165, 1.54) is 21.9 Å². The van der Waals surface area contributed by atoms with Crippen molar-refractivity contribution in [1.29, 1.82) is 0 Å². The summed E-state index contributed by atoms with van der Waals surface area (Å²) in [7, 11) is 0. The Balaban J connectivity index is 1.68. The quantitative estimate of drug-likeness (QED) is 0.620. The number of carbonyl (C=O) groups is 1. The minimum Gasteiger partial charge on any atom is -0.294 e.